The van der Waals surface area contributed by atoms with Crippen molar-refractivity contribution in [2.75, 3.05) is 57.4 Å². The van der Waals surface area contributed by atoms with E-state index in [9.17, 15) is 4.79 Å². The summed E-state index contributed by atoms with van der Waals surface area (Å²) in [6.45, 7) is 7.12. The van der Waals surface area contributed by atoms with Crippen LogP contribution in [-0.4, -0.2) is 84.3 Å². The van der Waals surface area contributed by atoms with Crippen LogP contribution in [0.3, 0.4) is 0 Å². The summed E-state index contributed by atoms with van der Waals surface area (Å²) in [4.78, 5) is 19.1. The minimum atomic E-state index is 0.143. The number of amides is 1. The topological polar surface area (TPSA) is 102 Å². The number of nitrogens with one attached hydrogen (secondary N) is 2. The Morgan fingerprint density at radius 3 is 2.32 bits per heavy atom. The number of hydrogen-bond donors (Lipinski definition) is 2. The average molecular weight is 424 g/mol. The molecule has 9 nitrogen and oxygen atoms in total. The molecule has 0 unspecified atom stereocenters. The van der Waals surface area contributed by atoms with Gasteiger partial charge < -0.3 is 14.5 Å². The van der Waals surface area contributed by atoms with Gasteiger partial charge in [0.1, 0.15) is 17.6 Å². The molecular formula is C22H29N7O2. The van der Waals surface area contributed by atoms with Crippen LogP contribution < -0.4 is 10.4 Å². The lowest BCUT2D eigenvalue weighted by Gasteiger charge is -2.35. The van der Waals surface area contributed by atoms with Crippen LogP contribution >= 0.6 is 0 Å². The van der Waals surface area contributed by atoms with Gasteiger partial charge in [-0.3, -0.25) is 20.5 Å². The molecule has 0 atom stereocenters. The molecule has 31 heavy (non-hydrogen) atoms. The van der Waals surface area contributed by atoms with Crippen molar-refractivity contribution in [3.8, 4) is 0 Å². The summed E-state index contributed by atoms with van der Waals surface area (Å²) in [7, 11) is 0. The third-order valence-electron chi connectivity index (χ3n) is 5.81. The molecule has 0 radical (unpaired) electrons. The first-order valence-electron chi connectivity index (χ1n) is 10.7. The van der Waals surface area contributed by atoms with E-state index in [-0.39, 0.29) is 11.4 Å². The molecular weight excluding hydrogens is 394 g/mol. The number of carbonyl (C=O) groups excluding carboxylic acids is 1. The predicted octanol–water partition coefficient (Wildman–Crippen LogP) is 0.541. The van der Waals surface area contributed by atoms with E-state index in [1.165, 1.54) is 10.2 Å². The maximum absolute atomic E-state index is 12.8. The SMILES string of the molecule is N=Cn1nc(N2CCN(C(=O)Cc3ccc(CN4CCOCC4)cc3)CC2)ccc1=N. The number of rotatable bonds is 6. The molecule has 3 heterocycles. The van der Waals surface area contributed by atoms with Gasteiger partial charge in [-0.25, -0.2) is 4.68 Å². The number of ether oxygens (including phenoxy) is 1. The third kappa shape index (κ3) is 5.36. The van der Waals surface area contributed by atoms with Crippen molar-refractivity contribution in [3.05, 3.63) is 53.0 Å². The summed E-state index contributed by atoms with van der Waals surface area (Å²) in [6, 6.07) is 11.8. The predicted molar refractivity (Wildman–Crippen MR) is 117 cm³/mol. The van der Waals surface area contributed by atoms with E-state index < -0.39 is 0 Å². The number of aromatic nitrogens is 2. The average Bonchev–Trinajstić information content (AvgIpc) is 2.81. The molecule has 4 rings (SSSR count). The van der Waals surface area contributed by atoms with E-state index in [0.717, 1.165) is 50.6 Å². The molecule has 164 valence electrons. The Balaban J connectivity index is 1.28. The molecule has 2 fully saturated rings. The second-order valence-electron chi connectivity index (χ2n) is 7.90. The smallest absolute Gasteiger partial charge is 0.227 e. The van der Waals surface area contributed by atoms with Crippen LogP contribution in [0.1, 0.15) is 11.1 Å². The minimum absolute atomic E-state index is 0.143. The molecule has 2 N–H and O–H groups in total. The summed E-state index contributed by atoms with van der Waals surface area (Å²) < 4.78 is 6.63. The van der Waals surface area contributed by atoms with Gasteiger partial charge in [0.05, 0.1) is 19.6 Å². The van der Waals surface area contributed by atoms with Gasteiger partial charge in [-0.05, 0) is 23.3 Å². The van der Waals surface area contributed by atoms with E-state index >= 15 is 0 Å². The van der Waals surface area contributed by atoms with Crippen molar-refractivity contribution in [2.45, 2.75) is 13.0 Å². The van der Waals surface area contributed by atoms with E-state index in [4.69, 9.17) is 15.6 Å². The first kappa shape index (κ1) is 21.2. The fourth-order valence-electron chi connectivity index (χ4n) is 3.95. The van der Waals surface area contributed by atoms with E-state index in [1.807, 2.05) is 4.90 Å². The number of anilines is 1. The van der Waals surface area contributed by atoms with Crippen molar-refractivity contribution in [1.82, 2.24) is 19.6 Å². The van der Waals surface area contributed by atoms with Crippen LogP contribution in [0, 0.1) is 10.8 Å². The van der Waals surface area contributed by atoms with Crippen molar-refractivity contribution < 1.29 is 9.53 Å². The van der Waals surface area contributed by atoms with Gasteiger partial charge >= 0.3 is 0 Å². The van der Waals surface area contributed by atoms with Crippen LogP contribution in [-0.2, 0) is 22.5 Å². The Kier molecular flexibility index (Phi) is 6.73. The molecule has 0 aliphatic carbocycles. The molecule has 0 bridgehead atoms. The van der Waals surface area contributed by atoms with E-state index in [1.54, 1.807) is 12.1 Å². The standard InChI is InChI=1S/C22H29N7O2/c23-17-29-20(24)5-6-21(25-29)27-7-9-28(10-8-27)22(30)15-18-1-3-19(4-2-18)16-26-11-13-31-14-12-26/h1-6,17,23-24H,7-16H2. The molecule has 0 saturated carbocycles. The zero-order valence-electron chi connectivity index (χ0n) is 17.7. The van der Waals surface area contributed by atoms with Gasteiger partial charge in [0.25, 0.3) is 0 Å². The maximum atomic E-state index is 12.8. The Bertz CT molecular complexity index is 959. The molecule has 1 aromatic carbocycles. The molecule has 2 aromatic rings. The molecule has 9 heteroatoms. The Morgan fingerprint density at radius 2 is 1.65 bits per heavy atom. The van der Waals surface area contributed by atoms with Gasteiger partial charge in [0.15, 0.2) is 0 Å². The van der Waals surface area contributed by atoms with Crippen LogP contribution in [0.2, 0.25) is 0 Å². The molecule has 1 amide bonds. The lowest BCUT2D eigenvalue weighted by atomic mass is 10.1. The van der Waals surface area contributed by atoms with Gasteiger partial charge in [0.2, 0.25) is 5.91 Å². The lowest BCUT2D eigenvalue weighted by Crippen LogP contribution is -2.49. The van der Waals surface area contributed by atoms with E-state index in [2.05, 4.69) is 39.2 Å². The van der Waals surface area contributed by atoms with Crippen LogP contribution in [0.25, 0.3) is 0 Å². The third-order valence-corrected chi connectivity index (χ3v) is 5.81. The second-order valence-corrected chi connectivity index (χ2v) is 7.90. The zero-order valence-corrected chi connectivity index (χ0v) is 17.7. The fraction of sp³-hybridized carbons (Fsp3) is 0.455. The summed E-state index contributed by atoms with van der Waals surface area (Å²) in [5.41, 5.74) is 2.47. The summed E-state index contributed by atoms with van der Waals surface area (Å²) in [6.07, 6.45) is 1.44. The fourth-order valence-corrected chi connectivity index (χ4v) is 3.95. The second kappa shape index (κ2) is 9.84. The number of carbonyl (C=O) groups is 1. The summed E-state index contributed by atoms with van der Waals surface area (Å²) in [5.74, 6) is 0.868. The summed E-state index contributed by atoms with van der Waals surface area (Å²) >= 11 is 0. The normalized spacial score (nSPS) is 17.5. The number of morpholine rings is 1. The van der Waals surface area contributed by atoms with E-state index in [0.29, 0.717) is 32.6 Å². The largest absolute Gasteiger partial charge is 0.379 e. The van der Waals surface area contributed by atoms with Crippen LogP contribution in [0.15, 0.2) is 36.4 Å². The van der Waals surface area contributed by atoms with Crippen molar-refractivity contribution in [2.24, 2.45) is 0 Å². The Hall–Kier alpha value is -3.04. The van der Waals surface area contributed by atoms with Gasteiger partial charge in [-0.1, -0.05) is 24.3 Å². The van der Waals surface area contributed by atoms with Gasteiger partial charge in [-0.2, -0.15) is 0 Å². The number of nitrogens with zero attached hydrogens (tertiary/aromatic N) is 5. The zero-order chi connectivity index (χ0) is 21.6. The van der Waals surface area contributed by atoms with Crippen LogP contribution in [0.5, 0.6) is 0 Å². The number of benzene rings is 1. The molecule has 2 saturated heterocycles. The number of piperazine rings is 1. The molecule has 2 aliphatic rings. The minimum Gasteiger partial charge on any atom is -0.379 e. The highest BCUT2D eigenvalue weighted by atomic mass is 16.5. The Morgan fingerprint density at radius 1 is 0.968 bits per heavy atom. The molecule has 1 aromatic heterocycles. The highest BCUT2D eigenvalue weighted by Crippen LogP contribution is 2.14. The van der Waals surface area contributed by atoms with Gasteiger partial charge in [0, 0.05) is 45.8 Å². The highest BCUT2D eigenvalue weighted by molar-refractivity contribution is 5.79. The Labute approximate surface area is 181 Å². The summed E-state index contributed by atoms with van der Waals surface area (Å²) in [5, 5.41) is 19.4. The molecule has 0 spiro atoms. The first-order chi connectivity index (χ1) is 15.1. The highest BCUT2D eigenvalue weighted by Gasteiger charge is 2.22. The quantitative estimate of drug-likeness (QED) is 0.522. The lowest BCUT2D eigenvalue weighted by molar-refractivity contribution is -0.130. The molecule has 2 aliphatic heterocycles. The van der Waals surface area contributed by atoms with Crippen molar-refractivity contribution >= 4 is 18.1 Å². The van der Waals surface area contributed by atoms with Crippen LogP contribution in [0.4, 0.5) is 5.82 Å². The first-order valence-corrected chi connectivity index (χ1v) is 10.7. The van der Waals surface area contributed by atoms with Crippen molar-refractivity contribution in [3.63, 3.8) is 0 Å². The van der Waals surface area contributed by atoms with Gasteiger partial charge in [-0.15, -0.1) is 5.10 Å². The van der Waals surface area contributed by atoms with Crippen molar-refractivity contribution in [1.29, 1.82) is 10.8 Å². The number of hydrogen-bond acceptors (Lipinski definition) is 7. The monoisotopic (exact) mass is 423 g/mol. The maximum Gasteiger partial charge on any atom is 0.227 e.